The molecular formula is C15H21F2N3O2. The van der Waals surface area contributed by atoms with Gasteiger partial charge in [0.15, 0.2) is 0 Å². The first-order chi connectivity index (χ1) is 10.3. The summed E-state index contributed by atoms with van der Waals surface area (Å²) in [6, 6.07) is 2.93. The molecule has 22 heavy (non-hydrogen) atoms. The minimum Gasteiger partial charge on any atom is -0.333 e. The number of benzene rings is 1. The van der Waals surface area contributed by atoms with E-state index >= 15 is 0 Å². The van der Waals surface area contributed by atoms with E-state index in [1.54, 1.807) is 20.8 Å². The third-order valence-corrected chi connectivity index (χ3v) is 3.43. The zero-order valence-electron chi connectivity index (χ0n) is 12.9. The van der Waals surface area contributed by atoms with Crippen molar-refractivity contribution in [3.63, 3.8) is 0 Å². The predicted molar refractivity (Wildman–Crippen MR) is 80.1 cm³/mol. The molecule has 0 fully saturated rings. The largest absolute Gasteiger partial charge is 0.333 e. The maximum absolute atomic E-state index is 13.5. The number of likely N-dealkylation sites (N-methyl/N-ethyl adjacent to an activating group) is 1. The van der Waals surface area contributed by atoms with Crippen LogP contribution in [0.3, 0.4) is 0 Å². The second-order valence-electron chi connectivity index (χ2n) is 5.15. The molecule has 1 aromatic carbocycles. The maximum Gasteiger partial charge on any atom is 0.244 e. The van der Waals surface area contributed by atoms with Gasteiger partial charge in [0.2, 0.25) is 11.8 Å². The second kappa shape index (κ2) is 7.84. The van der Waals surface area contributed by atoms with Crippen LogP contribution in [0.15, 0.2) is 18.2 Å². The Labute approximate surface area is 128 Å². The van der Waals surface area contributed by atoms with E-state index in [1.807, 2.05) is 0 Å². The molecule has 122 valence electrons. The van der Waals surface area contributed by atoms with Gasteiger partial charge in [-0.3, -0.25) is 9.59 Å². The average Bonchev–Trinajstić information content (AvgIpc) is 2.47. The molecular weight excluding hydrogens is 292 g/mol. The summed E-state index contributed by atoms with van der Waals surface area (Å²) in [5, 5.41) is 2.15. The Bertz CT molecular complexity index is 529. The molecule has 0 aliphatic heterocycles. The van der Waals surface area contributed by atoms with Gasteiger partial charge in [0.25, 0.3) is 0 Å². The molecule has 0 aromatic heterocycles. The molecule has 0 heterocycles. The highest BCUT2D eigenvalue weighted by molar-refractivity contribution is 5.95. The summed E-state index contributed by atoms with van der Waals surface area (Å²) in [7, 11) is 0. The number of carbonyl (C=O) groups excluding carboxylic acids is 2. The van der Waals surface area contributed by atoms with Gasteiger partial charge in [-0.25, -0.2) is 8.78 Å². The molecule has 2 unspecified atom stereocenters. The second-order valence-corrected chi connectivity index (χ2v) is 5.15. The van der Waals surface area contributed by atoms with E-state index in [0.29, 0.717) is 6.54 Å². The summed E-state index contributed by atoms with van der Waals surface area (Å²) in [5.74, 6) is -3.13. The number of halogens is 2. The lowest BCUT2D eigenvalue weighted by Gasteiger charge is -2.25. The summed E-state index contributed by atoms with van der Waals surface area (Å²) in [5.41, 5.74) is 5.16. The standard InChI is InChI=1S/C15H21F2N3O2/c1-4-20(15(22)9(2)10(3)18)8-13(21)19-14-11(16)6-5-7-12(14)17/h5-7,9-10H,4,8,18H2,1-3H3,(H,19,21). The van der Waals surface area contributed by atoms with Gasteiger partial charge in [-0.2, -0.15) is 0 Å². The van der Waals surface area contributed by atoms with Crippen molar-refractivity contribution in [2.45, 2.75) is 26.8 Å². The Balaban J connectivity index is 2.76. The lowest BCUT2D eigenvalue weighted by Crippen LogP contribution is -2.44. The van der Waals surface area contributed by atoms with Crippen molar-refractivity contribution in [2.24, 2.45) is 11.7 Å². The molecule has 0 saturated carbocycles. The van der Waals surface area contributed by atoms with Crippen LogP contribution in [-0.2, 0) is 9.59 Å². The van der Waals surface area contributed by atoms with Crippen molar-refractivity contribution in [2.75, 3.05) is 18.4 Å². The Kier molecular flexibility index (Phi) is 6.42. The molecule has 0 aliphatic rings. The predicted octanol–water partition coefficient (Wildman–Crippen LogP) is 1.74. The number of hydrogen-bond donors (Lipinski definition) is 2. The molecule has 1 aromatic rings. The van der Waals surface area contributed by atoms with Gasteiger partial charge in [0.1, 0.15) is 17.3 Å². The normalized spacial score (nSPS) is 13.4. The van der Waals surface area contributed by atoms with Crippen molar-refractivity contribution < 1.29 is 18.4 Å². The summed E-state index contributed by atoms with van der Waals surface area (Å²) in [6.07, 6.45) is 0. The Morgan fingerprint density at radius 3 is 2.27 bits per heavy atom. The quantitative estimate of drug-likeness (QED) is 0.840. The van der Waals surface area contributed by atoms with Crippen LogP contribution in [0.5, 0.6) is 0 Å². The van der Waals surface area contributed by atoms with Gasteiger partial charge in [-0.1, -0.05) is 13.0 Å². The summed E-state index contributed by atoms with van der Waals surface area (Å²) in [6.45, 7) is 5.08. The van der Waals surface area contributed by atoms with Gasteiger partial charge in [-0.05, 0) is 26.0 Å². The molecule has 0 saturated heterocycles. The molecule has 7 heteroatoms. The molecule has 5 nitrogen and oxygen atoms in total. The van der Waals surface area contributed by atoms with Crippen molar-refractivity contribution in [1.82, 2.24) is 4.90 Å². The Morgan fingerprint density at radius 2 is 1.82 bits per heavy atom. The highest BCUT2D eigenvalue weighted by Crippen LogP contribution is 2.18. The zero-order valence-corrected chi connectivity index (χ0v) is 12.9. The highest BCUT2D eigenvalue weighted by atomic mass is 19.1. The number of para-hydroxylation sites is 1. The van der Waals surface area contributed by atoms with Gasteiger partial charge >= 0.3 is 0 Å². The van der Waals surface area contributed by atoms with Crippen molar-refractivity contribution in [3.8, 4) is 0 Å². The van der Waals surface area contributed by atoms with Crippen LogP contribution in [0.2, 0.25) is 0 Å². The van der Waals surface area contributed by atoms with Crippen molar-refractivity contribution >= 4 is 17.5 Å². The van der Waals surface area contributed by atoms with Gasteiger partial charge in [-0.15, -0.1) is 0 Å². The third-order valence-electron chi connectivity index (χ3n) is 3.43. The van der Waals surface area contributed by atoms with Gasteiger partial charge in [0, 0.05) is 12.6 Å². The minimum atomic E-state index is -0.869. The fraction of sp³-hybridized carbons (Fsp3) is 0.467. The number of nitrogens with two attached hydrogens (primary N) is 1. The monoisotopic (exact) mass is 313 g/mol. The fourth-order valence-corrected chi connectivity index (χ4v) is 1.83. The number of amides is 2. The summed E-state index contributed by atoms with van der Waals surface area (Å²) >= 11 is 0. The SMILES string of the molecule is CCN(CC(=O)Nc1c(F)cccc1F)C(=O)C(C)C(C)N. The maximum atomic E-state index is 13.5. The van der Waals surface area contributed by atoms with E-state index < -0.39 is 29.1 Å². The number of rotatable bonds is 6. The van der Waals surface area contributed by atoms with E-state index in [1.165, 1.54) is 11.0 Å². The van der Waals surface area contributed by atoms with E-state index in [9.17, 15) is 18.4 Å². The molecule has 1 rings (SSSR count). The van der Waals surface area contributed by atoms with Crippen LogP contribution < -0.4 is 11.1 Å². The number of carbonyl (C=O) groups is 2. The number of hydrogen-bond acceptors (Lipinski definition) is 3. The summed E-state index contributed by atoms with van der Waals surface area (Å²) in [4.78, 5) is 25.4. The smallest absolute Gasteiger partial charge is 0.244 e. The number of anilines is 1. The zero-order chi connectivity index (χ0) is 16.9. The van der Waals surface area contributed by atoms with Crippen LogP contribution in [0, 0.1) is 17.6 Å². The average molecular weight is 313 g/mol. The third kappa shape index (κ3) is 4.49. The summed E-state index contributed by atoms with van der Waals surface area (Å²) < 4.78 is 26.9. The lowest BCUT2D eigenvalue weighted by molar-refractivity contribution is -0.138. The van der Waals surface area contributed by atoms with Crippen LogP contribution in [0.25, 0.3) is 0 Å². The van der Waals surface area contributed by atoms with Gasteiger partial charge < -0.3 is 16.0 Å². The number of nitrogens with one attached hydrogen (secondary N) is 1. The van der Waals surface area contributed by atoms with Crippen molar-refractivity contribution in [3.05, 3.63) is 29.8 Å². The topological polar surface area (TPSA) is 75.4 Å². The number of nitrogens with zero attached hydrogens (tertiary/aromatic N) is 1. The lowest BCUT2D eigenvalue weighted by atomic mass is 10.0. The first-order valence-electron chi connectivity index (χ1n) is 7.06. The highest BCUT2D eigenvalue weighted by Gasteiger charge is 2.24. The molecule has 0 spiro atoms. The van der Waals surface area contributed by atoms with E-state index in [4.69, 9.17) is 5.73 Å². The minimum absolute atomic E-state index is 0.276. The van der Waals surface area contributed by atoms with Crippen LogP contribution in [-0.4, -0.2) is 35.8 Å². The molecule has 2 amide bonds. The molecule has 0 radical (unpaired) electrons. The van der Waals surface area contributed by atoms with Crippen LogP contribution in [0.1, 0.15) is 20.8 Å². The fourth-order valence-electron chi connectivity index (χ4n) is 1.83. The first-order valence-corrected chi connectivity index (χ1v) is 7.06. The van der Waals surface area contributed by atoms with Gasteiger partial charge in [0.05, 0.1) is 12.5 Å². The van der Waals surface area contributed by atoms with Crippen LogP contribution in [0.4, 0.5) is 14.5 Å². The van der Waals surface area contributed by atoms with Crippen molar-refractivity contribution in [1.29, 1.82) is 0 Å². The van der Waals surface area contributed by atoms with E-state index in [2.05, 4.69) is 5.32 Å². The Morgan fingerprint density at radius 1 is 1.27 bits per heavy atom. The van der Waals surface area contributed by atoms with E-state index in [-0.39, 0.29) is 18.5 Å². The molecule has 3 N–H and O–H groups in total. The first kappa shape index (κ1) is 18.0. The molecule has 2 atom stereocenters. The van der Waals surface area contributed by atoms with E-state index in [0.717, 1.165) is 12.1 Å². The molecule has 0 aliphatic carbocycles. The van der Waals surface area contributed by atoms with Crippen LogP contribution >= 0.6 is 0 Å². The Hall–Kier alpha value is -2.02. The molecule has 0 bridgehead atoms.